The van der Waals surface area contributed by atoms with E-state index in [2.05, 4.69) is 4.98 Å². The second kappa shape index (κ2) is 4.81. The van der Waals surface area contributed by atoms with E-state index >= 15 is 0 Å². The van der Waals surface area contributed by atoms with E-state index in [1.165, 1.54) is 6.07 Å². The highest BCUT2D eigenvalue weighted by molar-refractivity contribution is 6.36. The molecule has 4 nitrogen and oxygen atoms in total. The number of oxazole rings is 1. The van der Waals surface area contributed by atoms with Crippen molar-refractivity contribution in [3.63, 3.8) is 0 Å². The normalized spacial score (nSPS) is 10.9. The molecule has 2 aromatic carbocycles. The maximum Gasteiger partial charge on any atom is 0.338 e. The van der Waals surface area contributed by atoms with Crippen molar-refractivity contribution in [1.82, 2.24) is 4.98 Å². The number of hydrogen-bond acceptors (Lipinski definition) is 3. The van der Waals surface area contributed by atoms with E-state index in [0.29, 0.717) is 26.7 Å². The molecule has 0 spiro atoms. The number of rotatable bonds is 2. The number of carboxylic acid groups (broad SMARTS) is 1. The first-order valence-corrected chi connectivity index (χ1v) is 6.40. The summed E-state index contributed by atoms with van der Waals surface area (Å²) in [5.74, 6) is -0.798. The van der Waals surface area contributed by atoms with Crippen LogP contribution in [0.1, 0.15) is 10.4 Å². The van der Waals surface area contributed by atoms with Gasteiger partial charge in [0.2, 0.25) is 5.89 Å². The lowest BCUT2D eigenvalue weighted by Gasteiger charge is -1.99. The molecule has 1 N–H and O–H groups in total. The van der Waals surface area contributed by atoms with Crippen LogP contribution in [0.2, 0.25) is 10.0 Å². The maximum atomic E-state index is 11.1. The number of hydrogen-bond donors (Lipinski definition) is 1. The van der Waals surface area contributed by atoms with E-state index in [-0.39, 0.29) is 11.5 Å². The maximum absolute atomic E-state index is 11.1. The molecule has 1 aromatic heterocycles. The van der Waals surface area contributed by atoms with Gasteiger partial charge in [0.05, 0.1) is 16.1 Å². The van der Waals surface area contributed by atoms with Gasteiger partial charge in [-0.25, -0.2) is 9.78 Å². The average Bonchev–Trinajstić information content (AvgIpc) is 2.81. The number of fused-ring (bicyclic) bond motifs is 1. The van der Waals surface area contributed by atoms with Crippen molar-refractivity contribution in [2.75, 3.05) is 0 Å². The summed E-state index contributed by atoms with van der Waals surface area (Å²) in [7, 11) is 0. The van der Waals surface area contributed by atoms with Gasteiger partial charge in [-0.1, -0.05) is 29.3 Å². The van der Waals surface area contributed by atoms with Crippen molar-refractivity contribution in [3.8, 4) is 11.5 Å². The first-order chi connectivity index (χ1) is 9.56. The van der Waals surface area contributed by atoms with Crippen LogP contribution in [0.5, 0.6) is 0 Å². The van der Waals surface area contributed by atoms with Crippen LogP contribution in [-0.4, -0.2) is 16.1 Å². The highest BCUT2D eigenvalue weighted by Crippen LogP contribution is 2.32. The zero-order valence-corrected chi connectivity index (χ0v) is 11.4. The lowest BCUT2D eigenvalue weighted by molar-refractivity contribution is 0.0699. The van der Waals surface area contributed by atoms with Crippen LogP contribution in [0.25, 0.3) is 22.6 Å². The van der Waals surface area contributed by atoms with Gasteiger partial charge in [0.25, 0.3) is 0 Å². The van der Waals surface area contributed by atoms with Gasteiger partial charge in [0, 0.05) is 5.02 Å². The largest absolute Gasteiger partial charge is 0.478 e. The van der Waals surface area contributed by atoms with Gasteiger partial charge < -0.3 is 9.52 Å². The lowest BCUT2D eigenvalue weighted by atomic mass is 10.2. The summed E-state index contributed by atoms with van der Waals surface area (Å²) in [4.78, 5) is 15.4. The molecule has 100 valence electrons. The molecule has 0 fully saturated rings. The monoisotopic (exact) mass is 307 g/mol. The van der Waals surface area contributed by atoms with Gasteiger partial charge in [-0.2, -0.15) is 0 Å². The summed E-state index contributed by atoms with van der Waals surface area (Å²) in [5.41, 5.74) is 1.33. The van der Waals surface area contributed by atoms with Crippen molar-refractivity contribution in [3.05, 3.63) is 52.0 Å². The summed E-state index contributed by atoms with van der Waals surface area (Å²) in [6.45, 7) is 0. The van der Waals surface area contributed by atoms with Gasteiger partial charge in [0.15, 0.2) is 5.58 Å². The van der Waals surface area contributed by atoms with E-state index in [4.69, 9.17) is 32.7 Å². The van der Waals surface area contributed by atoms with Crippen molar-refractivity contribution in [1.29, 1.82) is 0 Å². The predicted molar refractivity (Wildman–Crippen MR) is 76.4 cm³/mol. The average molecular weight is 308 g/mol. The SMILES string of the molecule is O=C(O)c1cccc2oc(-c3ccc(Cl)cc3Cl)nc12. The molecule has 0 amide bonds. The Hall–Kier alpha value is -2.04. The zero-order chi connectivity index (χ0) is 14.3. The Balaban J connectivity index is 2.23. The molecular formula is C14H7Cl2NO3. The van der Waals surface area contributed by atoms with E-state index < -0.39 is 5.97 Å². The number of benzene rings is 2. The number of para-hydroxylation sites is 1. The topological polar surface area (TPSA) is 63.3 Å². The lowest BCUT2D eigenvalue weighted by Crippen LogP contribution is -1.96. The second-order valence-corrected chi connectivity index (χ2v) is 4.94. The fourth-order valence-electron chi connectivity index (χ4n) is 1.90. The number of aromatic carboxylic acids is 1. The predicted octanol–water partition coefficient (Wildman–Crippen LogP) is 4.50. The van der Waals surface area contributed by atoms with Crippen LogP contribution < -0.4 is 0 Å². The fourth-order valence-corrected chi connectivity index (χ4v) is 2.39. The molecule has 0 radical (unpaired) electrons. The van der Waals surface area contributed by atoms with Crippen LogP contribution >= 0.6 is 23.2 Å². The summed E-state index contributed by atoms with van der Waals surface area (Å²) >= 11 is 11.9. The smallest absolute Gasteiger partial charge is 0.338 e. The van der Waals surface area contributed by atoms with Crippen LogP contribution in [0.4, 0.5) is 0 Å². The quantitative estimate of drug-likeness (QED) is 0.757. The molecule has 0 aliphatic carbocycles. The first kappa shape index (κ1) is 13.0. The Labute approximate surface area is 123 Å². The van der Waals surface area contributed by atoms with Gasteiger partial charge in [-0.15, -0.1) is 0 Å². The van der Waals surface area contributed by atoms with Gasteiger partial charge in [-0.3, -0.25) is 0 Å². The summed E-state index contributed by atoms with van der Waals surface area (Å²) in [5, 5.41) is 10.0. The standard InChI is InChI=1S/C14H7Cl2NO3/c15-7-4-5-8(10(16)6-7)13-17-12-9(14(18)19)2-1-3-11(12)20-13/h1-6H,(H,18,19). The zero-order valence-electron chi connectivity index (χ0n) is 9.93. The van der Waals surface area contributed by atoms with Crippen molar-refractivity contribution in [2.24, 2.45) is 0 Å². The minimum absolute atomic E-state index is 0.0857. The minimum atomic E-state index is -1.06. The van der Waals surface area contributed by atoms with E-state index in [1.807, 2.05) is 0 Å². The summed E-state index contributed by atoms with van der Waals surface area (Å²) < 4.78 is 5.56. The molecule has 0 unspecified atom stereocenters. The molecular weight excluding hydrogens is 301 g/mol. The summed E-state index contributed by atoms with van der Waals surface area (Å²) in [6, 6.07) is 9.64. The third kappa shape index (κ3) is 2.13. The van der Waals surface area contributed by atoms with Crippen molar-refractivity contribution >= 4 is 40.3 Å². The third-order valence-electron chi connectivity index (χ3n) is 2.81. The van der Waals surface area contributed by atoms with Gasteiger partial charge in [0.1, 0.15) is 5.52 Å². The summed E-state index contributed by atoms with van der Waals surface area (Å²) in [6.07, 6.45) is 0. The number of nitrogens with zero attached hydrogens (tertiary/aromatic N) is 1. The van der Waals surface area contributed by atoms with Gasteiger partial charge >= 0.3 is 5.97 Å². The number of aromatic nitrogens is 1. The molecule has 3 aromatic rings. The van der Waals surface area contributed by atoms with Gasteiger partial charge in [-0.05, 0) is 30.3 Å². The molecule has 0 aliphatic heterocycles. The molecule has 0 aliphatic rings. The van der Waals surface area contributed by atoms with E-state index in [0.717, 1.165) is 0 Å². The number of carbonyl (C=O) groups is 1. The number of halogens is 2. The Morgan fingerprint density at radius 3 is 2.70 bits per heavy atom. The molecule has 0 saturated carbocycles. The highest BCUT2D eigenvalue weighted by Gasteiger charge is 2.16. The van der Waals surface area contributed by atoms with E-state index in [9.17, 15) is 4.79 Å². The molecule has 0 atom stereocenters. The molecule has 6 heteroatoms. The van der Waals surface area contributed by atoms with Crippen LogP contribution in [0.3, 0.4) is 0 Å². The fraction of sp³-hybridized carbons (Fsp3) is 0. The van der Waals surface area contributed by atoms with Crippen LogP contribution in [0.15, 0.2) is 40.8 Å². The van der Waals surface area contributed by atoms with E-state index in [1.54, 1.807) is 30.3 Å². The van der Waals surface area contributed by atoms with Crippen molar-refractivity contribution in [2.45, 2.75) is 0 Å². The Morgan fingerprint density at radius 1 is 1.20 bits per heavy atom. The molecule has 0 bridgehead atoms. The Morgan fingerprint density at radius 2 is 2.00 bits per heavy atom. The molecule has 0 saturated heterocycles. The molecule has 3 rings (SSSR count). The second-order valence-electron chi connectivity index (χ2n) is 4.10. The molecule has 20 heavy (non-hydrogen) atoms. The minimum Gasteiger partial charge on any atom is -0.478 e. The molecule has 1 heterocycles. The van der Waals surface area contributed by atoms with Crippen molar-refractivity contribution < 1.29 is 14.3 Å². The highest BCUT2D eigenvalue weighted by atomic mass is 35.5. The Bertz CT molecular complexity index is 826. The van der Waals surface area contributed by atoms with Crippen LogP contribution in [-0.2, 0) is 0 Å². The third-order valence-corrected chi connectivity index (χ3v) is 3.36. The first-order valence-electron chi connectivity index (χ1n) is 5.64. The van der Waals surface area contributed by atoms with Crippen LogP contribution in [0, 0.1) is 0 Å². The number of carboxylic acids is 1. The Kier molecular flexibility index (Phi) is 3.12.